The second-order valence-electron chi connectivity index (χ2n) is 7.07. The van der Waals surface area contributed by atoms with Gasteiger partial charge in [-0.25, -0.2) is 9.59 Å². The maximum Gasteiger partial charge on any atom is 0.331 e. The molecule has 0 N–H and O–H groups in total. The highest BCUT2D eigenvalue weighted by Gasteiger charge is 2.22. The van der Waals surface area contributed by atoms with E-state index in [1.807, 2.05) is 27.7 Å². The molecule has 0 radical (unpaired) electrons. The van der Waals surface area contributed by atoms with Gasteiger partial charge in [0.2, 0.25) is 0 Å². The summed E-state index contributed by atoms with van der Waals surface area (Å²) in [6.45, 7) is 10.4. The van der Waals surface area contributed by atoms with Gasteiger partial charge in [0.15, 0.2) is 0 Å². The summed E-state index contributed by atoms with van der Waals surface area (Å²) in [4.78, 5) is 23.1. The van der Waals surface area contributed by atoms with Gasteiger partial charge in [0.1, 0.15) is 6.10 Å². The first kappa shape index (κ1) is 21.7. The first-order chi connectivity index (χ1) is 10.8. The maximum absolute atomic E-state index is 11.6. The van der Waals surface area contributed by atoms with Gasteiger partial charge in [-0.05, 0) is 18.8 Å². The molecule has 4 nitrogen and oxygen atoms in total. The molecule has 0 saturated carbocycles. The van der Waals surface area contributed by atoms with Gasteiger partial charge in [-0.1, -0.05) is 66.2 Å². The average Bonchev–Trinajstić information content (AvgIpc) is 2.47. The average molecular weight is 326 g/mol. The normalized spacial score (nSPS) is 13.1. The summed E-state index contributed by atoms with van der Waals surface area (Å²) in [6, 6.07) is 0. The lowest BCUT2D eigenvalue weighted by Crippen LogP contribution is -2.28. The van der Waals surface area contributed by atoms with Crippen LogP contribution in [0.25, 0.3) is 0 Å². The highest BCUT2D eigenvalue weighted by molar-refractivity contribution is 5.91. The molecule has 1 atom stereocenters. The minimum Gasteiger partial charge on any atom is -0.463 e. The fourth-order valence-electron chi connectivity index (χ4n) is 1.81. The molecule has 0 amide bonds. The molecule has 0 rings (SSSR count). The molecule has 0 aliphatic carbocycles. The van der Waals surface area contributed by atoms with Gasteiger partial charge in [-0.3, -0.25) is 0 Å². The van der Waals surface area contributed by atoms with E-state index in [1.165, 1.54) is 32.1 Å². The molecule has 0 fully saturated rings. The van der Waals surface area contributed by atoms with E-state index in [0.29, 0.717) is 6.61 Å². The first-order valence-corrected chi connectivity index (χ1v) is 8.82. The van der Waals surface area contributed by atoms with Crippen molar-refractivity contribution in [1.29, 1.82) is 0 Å². The van der Waals surface area contributed by atoms with Crippen molar-refractivity contribution in [1.82, 2.24) is 0 Å². The molecular weight excluding hydrogens is 292 g/mol. The summed E-state index contributed by atoms with van der Waals surface area (Å²) >= 11 is 0. The van der Waals surface area contributed by atoms with E-state index in [-0.39, 0.29) is 11.5 Å². The monoisotopic (exact) mass is 326 g/mol. The summed E-state index contributed by atoms with van der Waals surface area (Å²) in [6.07, 6.45) is 10.3. The number of unbranched alkanes of at least 4 members (excludes halogenated alkanes) is 6. The number of hydrogen-bond donors (Lipinski definition) is 0. The topological polar surface area (TPSA) is 52.6 Å². The van der Waals surface area contributed by atoms with Crippen molar-refractivity contribution >= 4 is 11.9 Å². The molecule has 0 aromatic heterocycles. The van der Waals surface area contributed by atoms with Gasteiger partial charge in [-0.2, -0.15) is 0 Å². The summed E-state index contributed by atoms with van der Waals surface area (Å²) < 4.78 is 10.3. The molecule has 0 aromatic rings. The van der Waals surface area contributed by atoms with Crippen molar-refractivity contribution in [2.24, 2.45) is 5.41 Å². The van der Waals surface area contributed by atoms with Gasteiger partial charge >= 0.3 is 11.9 Å². The Morgan fingerprint density at radius 3 is 2.00 bits per heavy atom. The third-order valence-corrected chi connectivity index (χ3v) is 3.86. The molecular formula is C19H34O4. The summed E-state index contributed by atoms with van der Waals surface area (Å²) in [7, 11) is 0. The van der Waals surface area contributed by atoms with Gasteiger partial charge in [0.25, 0.3) is 0 Å². The molecule has 1 unspecified atom stereocenters. The molecule has 0 aliphatic heterocycles. The van der Waals surface area contributed by atoms with Crippen LogP contribution in [0.2, 0.25) is 0 Å². The van der Waals surface area contributed by atoms with E-state index in [1.54, 1.807) is 0 Å². The van der Waals surface area contributed by atoms with Crippen molar-refractivity contribution in [2.45, 2.75) is 85.7 Å². The Kier molecular flexibility index (Phi) is 11.4. The van der Waals surface area contributed by atoms with E-state index in [9.17, 15) is 9.59 Å². The summed E-state index contributed by atoms with van der Waals surface area (Å²) in [5.41, 5.74) is -0.124. The molecule has 0 bridgehead atoms. The Morgan fingerprint density at radius 2 is 1.43 bits per heavy atom. The van der Waals surface area contributed by atoms with E-state index < -0.39 is 11.9 Å². The van der Waals surface area contributed by atoms with Crippen molar-refractivity contribution in [2.75, 3.05) is 6.61 Å². The van der Waals surface area contributed by atoms with Crippen LogP contribution in [0.15, 0.2) is 12.2 Å². The standard InChI is InChI=1S/C19H34O4/c1-6-7-8-9-10-11-12-15-22-17(20)13-14-18(21)23-16(2)19(3,4)5/h13-14,16H,6-12,15H2,1-5H3/b14-13+. The number of hydrogen-bond acceptors (Lipinski definition) is 4. The fraction of sp³-hybridized carbons (Fsp3) is 0.789. The van der Waals surface area contributed by atoms with Crippen LogP contribution in [-0.4, -0.2) is 24.6 Å². The number of ether oxygens (including phenoxy) is 2. The number of rotatable bonds is 11. The zero-order valence-electron chi connectivity index (χ0n) is 15.5. The molecule has 23 heavy (non-hydrogen) atoms. The lowest BCUT2D eigenvalue weighted by Gasteiger charge is -2.26. The third kappa shape index (κ3) is 12.9. The number of carbonyl (C=O) groups is 2. The van der Waals surface area contributed by atoms with Crippen LogP contribution in [0.5, 0.6) is 0 Å². The Labute approximate surface area is 141 Å². The lowest BCUT2D eigenvalue weighted by atomic mass is 9.90. The first-order valence-electron chi connectivity index (χ1n) is 8.82. The van der Waals surface area contributed by atoms with Crippen LogP contribution in [0.1, 0.15) is 79.6 Å². The van der Waals surface area contributed by atoms with Crippen LogP contribution in [0.4, 0.5) is 0 Å². The lowest BCUT2D eigenvalue weighted by molar-refractivity contribution is -0.147. The highest BCUT2D eigenvalue weighted by atomic mass is 16.5. The second-order valence-corrected chi connectivity index (χ2v) is 7.07. The predicted molar refractivity (Wildman–Crippen MR) is 93.1 cm³/mol. The molecule has 0 aromatic carbocycles. The van der Waals surface area contributed by atoms with E-state index in [4.69, 9.17) is 9.47 Å². The predicted octanol–water partition coefficient (Wildman–Crippen LogP) is 4.81. The van der Waals surface area contributed by atoms with Crippen molar-refractivity contribution in [3.8, 4) is 0 Å². The van der Waals surface area contributed by atoms with Crippen LogP contribution in [0.3, 0.4) is 0 Å². The van der Waals surface area contributed by atoms with Crippen molar-refractivity contribution in [3.63, 3.8) is 0 Å². The third-order valence-electron chi connectivity index (χ3n) is 3.86. The highest BCUT2D eigenvalue weighted by Crippen LogP contribution is 2.21. The summed E-state index contributed by atoms with van der Waals surface area (Å²) in [5, 5.41) is 0. The quantitative estimate of drug-likeness (QED) is 0.310. The van der Waals surface area contributed by atoms with Gasteiger partial charge < -0.3 is 9.47 Å². The number of carbonyl (C=O) groups excluding carboxylic acids is 2. The smallest absolute Gasteiger partial charge is 0.331 e. The second kappa shape index (κ2) is 12.1. The summed E-state index contributed by atoms with van der Waals surface area (Å²) in [5.74, 6) is -1.00. The van der Waals surface area contributed by atoms with Crippen LogP contribution in [-0.2, 0) is 19.1 Å². The van der Waals surface area contributed by atoms with Gasteiger partial charge in [-0.15, -0.1) is 0 Å². The zero-order chi connectivity index (χ0) is 17.7. The minimum absolute atomic E-state index is 0.124. The van der Waals surface area contributed by atoms with Crippen LogP contribution >= 0.6 is 0 Å². The Bertz CT molecular complexity index is 366. The SMILES string of the molecule is CCCCCCCCCOC(=O)/C=C/C(=O)OC(C)C(C)(C)C. The molecule has 134 valence electrons. The fourth-order valence-corrected chi connectivity index (χ4v) is 1.81. The molecule has 4 heteroatoms. The minimum atomic E-state index is -0.514. The van der Waals surface area contributed by atoms with Crippen molar-refractivity contribution < 1.29 is 19.1 Å². The molecule has 0 saturated heterocycles. The molecule has 0 aliphatic rings. The van der Waals surface area contributed by atoms with Crippen LogP contribution < -0.4 is 0 Å². The van der Waals surface area contributed by atoms with E-state index in [2.05, 4.69) is 6.92 Å². The molecule has 0 heterocycles. The van der Waals surface area contributed by atoms with Gasteiger partial charge in [0, 0.05) is 12.2 Å². The maximum atomic E-state index is 11.6. The van der Waals surface area contributed by atoms with Gasteiger partial charge in [0.05, 0.1) is 6.61 Å². The largest absolute Gasteiger partial charge is 0.463 e. The number of esters is 2. The zero-order valence-corrected chi connectivity index (χ0v) is 15.5. The Morgan fingerprint density at radius 1 is 0.913 bits per heavy atom. The molecule has 0 spiro atoms. The van der Waals surface area contributed by atoms with Crippen molar-refractivity contribution in [3.05, 3.63) is 12.2 Å². The van der Waals surface area contributed by atoms with E-state index >= 15 is 0 Å². The Hall–Kier alpha value is -1.32. The van der Waals surface area contributed by atoms with Crippen LogP contribution in [0, 0.1) is 5.41 Å². The van der Waals surface area contributed by atoms with E-state index in [0.717, 1.165) is 25.0 Å². The Balaban J connectivity index is 3.74.